The molecule has 0 heterocycles. The number of rotatable bonds is 15. The highest BCUT2D eigenvalue weighted by Crippen LogP contribution is 2.34. The smallest absolute Gasteiger partial charge is 0.282 e. The number of carbonyl (C=O) groups excluding carboxylic acids is 4. The maximum Gasteiger partial charge on any atom is 0.282 e. The van der Waals surface area contributed by atoms with Crippen molar-refractivity contribution in [3.05, 3.63) is 37.9 Å². The molecule has 17 nitrogen and oxygen atoms in total. The summed E-state index contributed by atoms with van der Waals surface area (Å²) in [4.78, 5) is 66.3. The zero-order valence-corrected chi connectivity index (χ0v) is 18.7. The predicted octanol–water partition coefficient (Wildman–Crippen LogP) is -3.97. The van der Waals surface area contributed by atoms with E-state index in [1.165, 1.54) is 0 Å². The number of anilines is 1. The number of aliphatic carboxylic acids is 2. The van der Waals surface area contributed by atoms with E-state index in [4.69, 9.17) is 0 Å². The number of hydrogen-bond acceptors (Lipinski definition) is 13. The molecule has 1 aromatic rings. The molecule has 0 aliphatic rings. The summed E-state index contributed by atoms with van der Waals surface area (Å²) in [6, 6.07) is -0.982. The highest BCUT2D eigenvalue weighted by Gasteiger charge is 2.26. The molecule has 7 N–H and O–H groups in total. The van der Waals surface area contributed by atoms with Crippen molar-refractivity contribution in [1.82, 2.24) is 10.6 Å². The third kappa shape index (κ3) is 9.39. The lowest BCUT2D eigenvalue weighted by Gasteiger charge is -2.19. The van der Waals surface area contributed by atoms with Crippen LogP contribution < -0.4 is 32.1 Å². The minimum absolute atomic E-state index is 0.151. The lowest BCUT2D eigenvalue weighted by Crippen LogP contribution is -2.68. The molecule has 0 saturated carbocycles. The Morgan fingerprint density at radius 3 is 2.29 bits per heavy atom. The Kier molecular flexibility index (Phi) is 11.3. The van der Waals surface area contributed by atoms with Gasteiger partial charge in [-0.15, -0.1) is 0 Å². The van der Waals surface area contributed by atoms with Crippen LogP contribution in [0.3, 0.4) is 0 Å². The molecule has 0 radical (unpaired) electrons. The van der Waals surface area contributed by atoms with Gasteiger partial charge < -0.3 is 36.2 Å². The number of thioether (sulfide) groups is 1. The van der Waals surface area contributed by atoms with Crippen LogP contribution in [0.5, 0.6) is 0 Å². The van der Waals surface area contributed by atoms with Gasteiger partial charge in [0.15, 0.2) is 0 Å². The van der Waals surface area contributed by atoms with Gasteiger partial charge in [0.05, 0.1) is 45.6 Å². The van der Waals surface area contributed by atoms with Crippen LogP contribution in [0.4, 0.5) is 17.1 Å². The zero-order chi connectivity index (χ0) is 26.7. The van der Waals surface area contributed by atoms with E-state index < -0.39 is 63.6 Å². The predicted molar refractivity (Wildman–Crippen MR) is 112 cm³/mol. The summed E-state index contributed by atoms with van der Waals surface area (Å²) in [6.45, 7) is -0.867. The average molecular weight is 517 g/mol. The molecular formula is C17H21N6O11S-. The molecule has 192 valence electrons. The van der Waals surface area contributed by atoms with Crippen molar-refractivity contribution in [2.45, 2.75) is 30.7 Å². The number of amides is 2. The number of quaternary nitrogens is 1. The van der Waals surface area contributed by atoms with Gasteiger partial charge in [-0.05, 0) is 0 Å². The molecule has 0 aliphatic carbocycles. The molecule has 0 saturated heterocycles. The van der Waals surface area contributed by atoms with Crippen LogP contribution in [0.25, 0.3) is 0 Å². The number of carboxylic acid groups (broad SMARTS) is 2. The molecule has 18 heteroatoms. The summed E-state index contributed by atoms with van der Waals surface area (Å²) in [5.74, 6) is -5.28. The average Bonchev–Trinajstić information content (AvgIpc) is 2.79. The highest BCUT2D eigenvalue weighted by molar-refractivity contribution is 7.98. The number of nitro groups is 2. The van der Waals surface area contributed by atoms with Crippen LogP contribution >= 0.6 is 11.8 Å². The van der Waals surface area contributed by atoms with Crippen LogP contribution in [0.2, 0.25) is 0 Å². The summed E-state index contributed by atoms with van der Waals surface area (Å²) >= 11 is 0.843. The molecule has 0 aliphatic heterocycles. The Balaban J connectivity index is 3.00. The molecule has 0 fully saturated rings. The van der Waals surface area contributed by atoms with E-state index in [-0.39, 0.29) is 35.6 Å². The second kappa shape index (κ2) is 13.6. The summed E-state index contributed by atoms with van der Waals surface area (Å²) < 4.78 is 0. The van der Waals surface area contributed by atoms with Gasteiger partial charge in [-0.3, -0.25) is 40.5 Å². The molecule has 0 aromatic heterocycles. The summed E-state index contributed by atoms with van der Waals surface area (Å²) in [5, 5.41) is 57.2. The lowest BCUT2D eigenvalue weighted by molar-refractivity contribution is -0.438. The van der Waals surface area contributed by atoms with Crippen LogP contribution in [0.1, 0.15) is 18.4 Å². The van der Waals surface area contributed by atoms with Crippen LogP contribution in [-0.4, -0.2) is 63.2 Å². The number of hydrogen-bond donors (Lipinski definition) is 5. The standard InChI is InChI=1S/C17H22N6O11S/c18-10(17(28)29)1-2-14(24)20-12(16(27)19-5-15(25)26)7-35-6-9-11(21-30)3-8(22(31)32)4-13(9)23(33)34/h3-4,10,12,21,30H,1-2,5-7,18H2,(H,19,27)(H,20,24)(H,25,26)(H,28,29)/p-1/t10-,12-/m0/s1. The molecular weight excluding hydrogens is 496 g/mol. The van der Waals surface area contributed by atoms with E-state index >= 15 is 0 Å². The van der Waals surface area contributed by atoms with Gasteiger partial charge in [0.25, 0.3) is 11.4 Å². The fourth-order valence-electron chi connectivity index (χ4n) is 2.60. The quantitative estimate of drug-likeness (QED) is 0.110. The number of nitrogens with one attached hydrogen (secondary N) is 3. The molecule has 0 bridgehead atoms. The number of non-ortho nitro benzene ring substituents is 1. The monoisotopic (exact) mass is 517 g/mol. The fraction of sp³-hybridized carbons (Fsp3) is 0.412. The van der Waals surface area contributed by atoms with Crippen LogP contribution in [-0.2, 0) is 24.9 Å². The Hall–Kier alpha value is -4.03. The molecule has 2 amide bonds. The van der Waals surface area contributed by atoms with Crippen molar-refractivity contribution < 1.29 is 50.2 Å². The second-order valence-electron chi connectivity index (χ2n) is 6.90. The summed E-state index contributed by atoms with van der Waals surface area (Å²) in [6.07, 6.45) is -0.543. The largest absolute Gasteiger partial charge is 0.548 e. The molecule has 0 spiro atoms. The van der Waals surface area contributed by atoms with E-state index in [2.05, 4.69) is 11.1 Å². The Bertz CT molecular complexity index is 1000. The number of benzene rings is 1. The van der Waals surface area contributed by atoms with E-state index in [1.54, 1.807) is 5.48 Å². The zero-order valence-electron chi connectivity index (χ0n) is 17.9. The first-order chi connectivity index (χ1) is 16.4. The summed E-state index contributed by atoms with van der Waals surface area (Å²) in [7, 11) is 0. The highest BCUT2D eigenvalue weighted by atomic mass is 32.2. The third-order valence-corrected chi connectivity index (χ3v) is 5.44. The number of carboxylic acids is 2. The van der Waals surface area contributed by atoms with Crippen molar-refractivity contribution in [3.63, 3.8) is 0 Å². The first kappa shape index (κ1) is 29.0. The van der Waals surface area contributed by atoms with E-state index in [0.29, 0.717) is 6.07 Å². The first-order valence-electron chi connectivity index (χ1n) is 9.61. The summed E-state index contributed by atoms with van der Waals surface area (Å²) in [5.41, 5.74) is 3.11. The maximum absolute atomic E-state index is 12.3. The van der Waals surface area contributed by atoms with Gasteiger partial charge in [0, 0.05) is 30.4 Å². The van der Waals surface area contributed by atoms with Gasteiger partial charge in [-0.2, -0.15) is 11.8 Å². The lowest BCUT2D eigenvalue weighted by atomic mass is 10.1. The molecule has 1 aromatic carbocycles. The Morgan fingerprint density at radius 1 is 1.11 bits per heavy atom. The minimum Gasteiger partial charge on any atom is -0.548 e. The normalized spacial score (nSPS) is 12.2. The van der Waals surface area contributed by atoms with Crippen molar-refractivity contribution in [2.75, 3.05) is 17.8 Å². The molecule has 0 unspecified atom stereocenters. The molecule has 1 rings (SSSR count). The van der Waals surface area contributed by atoms with Crippen molar-refractivity contribution in [2.24, 2.45) is 0 Å². The van der Waals surface area contributed by atoms with Crippen LogP contribution in [0.15, 0.2) is 12.1 Å². The van der Waals surface area contributed by atoms with Gasteiger partial charge in [0.1, 0.15) is 12.1 Å². The molecule has 2 atom stereocenters. The third-order valence-electron chi connectivity index (χ3n) is 4.38. The maximum atomic E-state index is 12.3. The van der Waals surface area contributed by atoms with Crippen molar-refractivity contribution in [1.29, 1.82) is 0 Å². The van der Waals surface area contributed by atoms with Gasteiger partial charge in [-0.1, -0.05) is 0 Å². The van der Waals surface area contributed by atoms with Gasteiger partial charge >= 0.3 is 0 Å². The number of nitro benzene ring substituents is 2. The Morgan fingerprint density at radius 2 is 1.77 bits per heavy atom. The second-order valence-corrected chi connectivity index (χ2v) is 7.93. The fourth-order valence-corrected chi connectivity index (χ4v) is 3.69. The van der Waals surface area contributed by atoms with E-state index in [0.717, 1.165) is 17.8 Å². The topological polar surface area (TPSA) is 285 Å². The first-order valence-corrected chi connectivity index (χ1v) is 10.8. The van der Waals surface area contributed by atoms with Crippen molar-refractivity contribution >= 4 is 52.6 Å². The van der Waals surface area contributed by atoms with E-state index in [1.807, 2.05) is 5.32 Å². The molecule has 35 heavy (non-hydrogen) atoms. The van der Waals surface area contributed by atoms with Crippen molar-refractivity contribution in [3.8, 4) is 0 Å². The number of carbonyl (C=O) groups is 4. The van der Waals surface area contributed by atoms with Crippen LogP contribution in [0, 0.1) is 20.2 Å². The Labute approximate surface area is 200 Å². The van der Waals surface area contributed by atoms with Gasteiger partial charge in [-0.25, -0.2) is 0 Å². The van der Waals surface area contributed by atoms with Gasteiger partial charge in [0.2, 0.25) is 11.8 Å². The SMILES string of the molecule is [NH3+][C@@H](CCC(=O)N[C@@H](CSCc1c(NO)cc([N+](=O)[O-])cc1[N+](=O)[O-])C(=O)NCC(=O)[O-])C(=O)[O-]. The minimum atomic E-state index is -1.61. The number of nitrogens with zero attached hydrogens (tertiary/aromatic N) is 2. The van der Waals surface area contributed by atoms with E-state index in [9.17, 15) is 54.8 Å².